The van der Waals surface area contributed by atoms with Gasteiger partial charge in [0.25, 0.3) is 5.91 Å². The topological polar surface area (TPSA) is 90.8 Å². The number of hydrogen-bond acceptors (Lipinski definition) is 4. The minimum absolute atomic E-state index is 0.0480. The molecule has 0 spiro atoms. The molecule has 0 heterocycles. The average Bonchev–Trinajstić information content (AvgIpc) is 2.57. The summed E-state index contributed by atoms with van der Waals surface area (Å²) in [5.41, 5.74) is 4.26. The van der Waals surface area contributed by atoms with Crippen LogP contribution in [0.15, 0.2) is 53.6 Å². The second kappa shape index (κ2) is 8.47. The van der Waals surface area contributed by atoms with Gasteiger partial charge >= 0.3 is 0 Å². The minimum atomic E-state index is -0.350. The molecule has 2 aromatic carbocycles. The largest absolute Gasteiger partial charge is 0.508 e. The van der Waals surface area contributed by atoms with Crippen molar-refractivity contribution in [3.05, 3.63) is 59.7 Å². The quantitative estimate of drug-likeness (QED) is 0.563. The Bertz CT molecular complexity index is 722. The van der Waals surface area contributed by atoms with Crippen LogP contribution in [0.5, 0.6) is 5.75 Å². The van der Waals surface area contributed by atoms with Gasteiger partial charge < -0.3 is 10.4 Å². The smallest absolute Gasteiger partial charge is 0.271 e. The van der Waals surface area contributed by atoms with Gasteiger partial charge in [-0.2, -0.15) is 5.10 Å². The van der Waals surface area contributed by atoms with E-state index in [-0.39, 0.29) is 17.6 Å². The Kier molecular flexibility index (Phi) is 6.08. The van der Waals surface area contributed by atoms with E-state index in [4.69, 9.17) is 0 Å². The highest BCUT2D eigenvalue weighted by Crippen LogP contribution is 2.10. The van der Waals surface area contributed by atoms with E-state index < -0.39 is 0 Å². The molecule has 0 aliphatic rings. The fraction of sp³-hybridized carbons (Fsp3) is 0.167. The van der Waals surface area contributed by atoms with Gasteiger partial charge in [0.05, 0.1) is 6.21 Å². The summed E-state index contributed by atoms with van der Waals surface area (Å²) < 4.78 is 0. The number of anilines is 1. The maximum atomic E-state index is 12.0. The molecule has 0 fully saturated rings. The molecule has 0 saturated carbocycles. The molecular formula is C18H19N3O3. The van der Waals surface area contributed by atoms with Crippen molar-refractivity contribution in [1.29, 1.82) is 0 Å². The van der Waals surface area contributed by atoms with Crippen LogP contribution in [0.2, 0.25) is 0 Å². The van der Waals surface area contributed by atoms with Crippen molar-refractivity contribution >= 4 is 23.7 Å². The van der Waals surface area contributed by atoms with Crippen molar-refractivity contribution in [3.8, 4) is 5.75 Å². The van der Waals surface area contributed by atoms with E-state index in [9.17, 15) is 14.7 Å². The second-order valence-corrected chi connectivity index (χ2v) is 5.17. The SMILES string of the molecule is CCCC(=O)Nc1ccc(C(=O)N/N=C/c2ccc(O)cc2)cc1. The third kappa shape index (κ3) is 5.24. The maximum absolute atomic E-state index is 12.0. The van der Waals surface area contributed by atoms with Gasteiger partial charge in [0.1, 0.15) is 5.75 Å². The van der Waals surface area contributed by atoms with Crippen molar-refractivity contribution in [1.82, 2.24) is 5.43 Å². The summed E-state index contributed by atoms with van der Waals surface area (Å²) in [6.45, 7) is 1.94. The number of rotatable bonds is 6. The molecule has 0 bridgehead atoms. The molecule has 6 heteroatoms. The second-order valence-electron chi connectivity index (χ2n) is 5.17. The lowest BCUT2D eigenvalue weighted by molar-refractivity contribution is -0.116. The van der Waals surface area contributed by atoms with Crippen LogP contribution in [0.25, 0.3) is 0 Å². The Morgan fingerprint density at radius 1 is 1.08 bits per heavy atom. The highest BCUT2D eigenvalue weighted by atomic mass is 16.3. The van der Waals surface area contributed by atoms with Gasteiger partial charge in [-0.3, -0.25) is 9.59 Å². The van der Waals surface area contributed by atoms with Crippen LogP contribution in [0.3, 0.4) is 0 Å². The number of hydrazone groups is 1. The summed E-state index contributed by atoms with van der Waals surface area (Å²) in [7, 11) is 0. The lowest BCUT2D eigenvalue weighted by atomic mass is 10.2. The zero-order valence-electron chi connectivity index (χ0n) is 13.3. The molecule has 2 rings (SSSR count). The molecule has 2 amide bonds. The molecule has 24 heavy (non-hydrogen) atoms. The van der Waals surface area contributed by atoms with Gasteiger partial charge in [0, 0.05) is 17.7 Å². The Balaban J connectivity index is 1.90. The van der Waals surface area contributed by atoms with Crippen LogP contribution in [-0.4, -0.2) is 23.1 Å². The lowest BCUT2D eigenvalue weighted by Crippen LogP contribution is -2.17. The number of carbonyl (C=O) groups excluding carboxylic acids is 2. The van der Waals surface area contributed by atoms with Crippen molar-refractivity contribution in [2.45, 2.75) is 19.8 Å². The van der Waals surface area contributed by atoms with Gasteiger partial charge in [0.15, 0.2) is 0 Å². The van der Waals surface area contributed by atoms with Crippen molar-refractivity contribution in [2.75, 3.05) is 5.32 Å². The maximum Gasteiger partial charge on any atom is 0.271 e. The van der Waals surface area contributed by atoms with Crippen LogP contribution >= 0.6 is 0 Å². The predicted molar refractivity (Wildman–Crippen MR) is 93.1 cm³/mol. The molecule has 0 aromatic heterocycles. The summed E-state index contributed by atoms with van der Waals surface area (Å²) in [5.74, 6) is -0.230. The molecule has 6 nitrogen and oxygen atoms in total. The number of aromatic hydroxyl groups is 1. The summed E-state index contributed by atoms with van der Waals surface area (Å²) in [6.07, 6.45) is 2.73. The number of hydrogen-bond donors (Lipinski definition) is 3. The van der Waals surface area contributed by atoms with Crippen molar-refractivity contribution in [2.24, 2.45) is 5.10 Å². The third-order valence-corrected chi connectivity index (χ3v) is 3.18. The fourth-order valence-corrected chi connectivity index (χ4v) is 1.95. The summed E-state index contributed by atoms with van der Waals surface area (Å²) >= 11 is 0. The highest BCUT2D eigenvalue weighted by molar-refractivity contribution is 5.96. The molecule has 0 aliphatic carbocycles. The first-order valence-corrected chi connectivity index (χ1v) is 7.61. The molecule has 0 radical (unpaired) electrons. The number of amides is 2. The molecule has 2 aromatic rings. The number of carbonyl (C=O) groups is 2. The number of benzene rings is 2. The molecule has 0 saturated heterocycles. The van der Waals surface area contributed by atoms with E-state index in [1.54, 1.807) is 36.4 Å². The van der Waals surface area contributed by atoms with Gasteiger partial charge in [0.2, 0.25) is 5.91 Å². The lowest BCUT2D eigenvalue weighted by Gasteiger charge is -2.05. The number of phenols is 1. The van der Waals surface area contributed by atoms with E-state index in [2.05, 4.69) is 15.8 Å². The zero-order valence-corrected chi connectivity index (χ0v) is 13.3. The van der Waals surface area contributed by atoms with E-state index in [1.165, 1.54) is 18.3 Å². The monoisotopic (exact) mass is 325 g/mol. The highest BCUT2D eigenvalue weighted by Gasteiger charge is 2.05. The van der Waals surface area contributed by atoms with Crippen LogP contribution < -0.4 is 10.7 Å². The Hall–Kier alpha value is -3.15. The van der Waals surface area contributed by atoms with Crippen molar-refractivity contribution < 1.29 is 14.7 Å². The van der Waals surface area contributed by atoms with E-state index in [0.29, 0.717) is 17.7 Å². The van der Waals surface area contributed by atoms with Crippen LogP contribution in [-0.2, 0) is 4.79 Å². The Morgan fingerprint density at radius 2 is 1.75 bits per heavy atom. The average molecular weight is 325 g/mol. The standard InChI is InChI=1S/C18H19N3O3/c1-2-3-17(23)20-15-8-6-14(7-9-15)18(24)21-19-12-13-4-10-16(22)11-5-13/h4-12,22H,2-3H2,1H3,(H,20,23)(H,21,24)/b19-12+. The zero-order chi connectivity index (χ0) is 17.4. The van der Waals surface area contributed by atoms with Gasteiger partial charge in [-0.15, -0.1) is 0 Å². The molecule has 3 N–H and O–H groups in total. The first kappa shape index (κ1) is 17.2. The first-order chi connectivity index (χ1) is 11.6. The number of phenolic OH excluding ortho intramolecular Hbond substituents is 1. The van der Waals surface area contributed by atoms with E-state index >= 15 is 0 Å². The molecule has 0 unspecified atom stereocenters. The molecule has 0 atom stereocenters. The molecule has 0 aliphatic heterocycles. The summed E-state index contributed by atoms with van der Waals surface area (Å²) in [4.78, 5) is 23.5. The summed E-state index contributed by atoms with van der Waals surface area (Å²) in [5, 5.41) is 15.8. The number of nitrogens with zero attached hydrogens (tertiary/aromatic N) is 1. The van der Waals surface area contributed by atoms with Crippen molar-refractivity contribution in [3.63, 3.8) is 0 Å². The Morgan fingerprint density at radius 3 is 2.38 bits per heavy atom. The third-order valence-electron chi connectivity index (χ3n) is 3.18. The Labute approximate surface area is 140 Å². The van der Waals surface area contributed by atoms with Gasteiger partial charge in [-0.1, -0.05) is 6.92 Å². The minimum Gasteiger partial charge on any atom is -0.508 e. The first-order valence-electron chi connectivity index (χ1n) is 7.61. The van der Waals surface area contributed by atoms with Crippen LogP contribution in [0, 0.1) is 0 Å². The number of nitrogens with one attached hydrogen (secondary N) is 2. The fourth-order valence-electron chi connectivity index (χ4n) is 1.95. The molecule has 124 valence electrons. The summed E-state index contributed by atoms with van der Waals surface area (Å²) in [6, 6.07) is 13.0. The van der Waals surface area contributed by atoms with Gasteiger partial charge in [-0.05, 0) is 60.5 Å². The normalized spacial score (nSPS) is 10.5. The van der Waals surface area contributed by atoms with E-state index in [1.807, 2.05) is 6.92 Å². The molecular weight excluding hydrogens is 306 g/mol. The van der Waals surface area contributed by atoms with E-state index in [0.717, 1.165) is 12.0 Å². The van der Waals surface area contributed by atoms with Gasteiger partial charge in [-0.25, -0.2) is 5.43 Å². The van der Waals surface area contributed by atoms with Crippen LogP contribution in [0.1, 0.15) is 35.7 Å². The predicted octanol–water partition coefficient (Wildman–Crippen LogP) is 2.89. The van der Waals surface area contributed by atoms with Crippen LogP contribution in [0.4, 0.5) is 5.69 Å².